The standard InChI is InChI=1S/C27H28Cl4N4O4/c1-14(2)22(33-26(37)21-10-17(36)12-32-21)13-35(27(38)25(30)31)16-6-3-5-15(9-16)23-11-20(34-39-23)24-18(28)7-4-8-19(24)29/h3-9,11,14,17,21-22,25,32,36H,10,12-13H2,1-2H3,(H,33,37). The average Bonchev–Trinajstić information content (AvgIpc) is 3.55. The Hall–Kier alpha value is -2.33. The van der Waals surface area contributed by atoms with Crippen molar-refractivity contribution in [1.82, 2.24) is 15.8 Å². The number of nitrogens with zero attached hydrogens (tertiary/aromatic N) is 2. The summed E-state index contributed by atoms with van der Waals surface area (Å²) in [6.45, 7) is 4.35. The van der Waals surface area contributed by atoms with Gasteiger partial charge >= 0.3 is 0 Å². The molecule has 3 atom stereocenters. The molecule has 1 aliphatic heterocycles. The highest BCUT2D eigenvalue weighted by atomic mass is 35.5. The van der Waals surface area contributed by atoms with Crippen LogP contribution in [0.4, 0.5) is 5.69 Å². The zero-order chi connectivity index (χ0) is 28.3. The molecular weight excluding hydrogens is 586 g/mol. The molecular formula is C27H28Cl4N4O4. The molecule has 3 aromatic rings. The van der Waals surface area contributed by atoms with Crippen molar-refractivity contribution in [2.75, 3.05) is 18.0 Å². The number of alkyl halides is 2. The van der Waals surface area contributed by atoms with Crippen molar-refractivity contribution in [3.05, 3.63) is 58.6 Å². The number of carbonyl (C=O) groups excluding carboxylic acids is 2. The number of anilines is 1. The third-order valence-electron chi connectivity index (χ3n) is 6.56. The monoisotopic (exact) mass is 612 g/mol. The third kappa shape index (κ3) is 7.06. The summed E-state index contributed by atoms with van der Waals surface area (Å²) in [5, 5.41) is 20.8. The predicted octanol–water partition coefficient (Wildman–Crippen LogP) is 5.32. The van der Waals surface area contributed by atoms with Crippen LogP contribution in [-0.4, -0.2) is 58.2 Å². The van der Waals surface area contributed by atoms with Gasteiger partial charge in [-0.05, 0) is 36.6 Å². The molecule has 1 saturated heterocycles. The molecule has 3 unspecified atom stereocenters. The van der Waals surface area contributed by atoms with Crippen LogP contribution in [0.5, 0.6) is 0 Å². The quantitative estimate of drug-likeness (QED) is 0.282. The van der Waals surface area contributed by atoms with Crippen LogP contribution in [0.15, 0.2) is 53.1 Å². The molecule has 0 bridgehead atoms. The fraction of sp³-hybridized carbons (Fsp3) is 0.370. The summed E-state index contributed by atoms with van der Waals surface area (Å²) in [5.74, 6) is -0.374. The molecule has 0 aliphatic carbocycles. The highest BCUT2D eigenvalue weighted by molar-refractivity contribution is 6.54. The second kappa shape index (κ2) is 12.9. The largest absolute Gasteiger partial charge is 0.392 e. The highest BCUT2D eigenvalue weighted by Gasteiger charge is 2.32. The van der Waals surface area contributed by atoms with Crippen LogP contribution in [0.25, 0.3) is 22.6 Å². The fourth-order valence-corrected chi connectivity index (χ4v) is 5.19. The number of benzene rings is 2. The van der Waals surface area contributed by atoms with Crippen LogP contribution in [0.2, 0.25) is 10.0 Å². The van der Waals surface area contributed by atoms with Gasteiger partial charge in [0.25, 0.3) is 5.91 Å². The number of aliphatic hydroxyl groups excluding tert-OH is 1. The summed E-state index contributed by atoms with van der Waals surface area (Å²) in [6, 6.07) is 13.0. The molecule has 1 fully saturated rings. The molecule has 0 spiro atoms. The SMILES string of the molecule is CC(C)C(CN(C(=O)C(Cl)Cl)c1cccc(-c2cc(-c3c(Cl)cccc3Cl)no2)c1)NC(=O)C1CC(O)CN1. The van der Waals surface area contributed by atoms with Gasteiger partial charge in [0.05, 0.1) is 22.2 Å². The second-order valence-electron chi connectivity index (χ2n) is 9.68. The van der Waals surface area contributed by atoms with Gasteiger partial charge < -0.3 is 25.2 Å². The van der Waals surface area contributed by atoms with Gasteiger partial charge in [-0.3, -0.25) is 9.59 Å². The minimum absolute atomic E-state index is 0.0277. The lowest BCUT2D eigenvalue weighted by Gasteiger charge is -2.31. The second-order valence-corrected chi connectivity index (χ2v) is 11.6. The Balaban J connectivity index is 1.61. The lowest BCUT2D eigenvalue weighted by atomic mass is 10.0. The summed E-state index contributed by atoms with van der Waals surface area (Å²) < 4.78 is 5.59. The summed E-state index contributed by atoms with van der Waals surface area (Å²) >= 11 is 24.7. The van der Waals surface area contributed by atoms with Gasteiger partial charge in [-0.1, -0.05) is 83.6 Å². The van der Waals surface area contributed by atoms with E-state index in [0.717, 1.165) is 0 Å². The normalized spacial score (nSPS) is 18.0. The Labute approximate surface area is 246 Å². The van der Waals surface area contributed by atoms with Gasteiger partial charge in [-0.2, -0.15) is 0 Å². The predicted molar refractivity (Wildman–Crippen MR) is 154 cm³/mol. The van der Waals surface area contributed by atoms with Gasteiger partial charge in [-0.15, -0.1) is 0 Å². The smallest absolute Gasteiger partial charge is 0.260 e. The van der Waals surface area contributed by atoms with Crippen molar-refractivity contribution in [2.24, 2.45) is 5.92 Å². The van der Waals surface area contributed by atoms with Crippen molar-refractivity contribution in [3.8, 4) is 22.6 Å². The van der Waals surface area contributed by atoms with Crippen LogP contribution in [-0.2, 0) is 9.59 Å². The van der Waals surface area contributed by atoms with Gasteiger partial charge in [0.1, 0.15) is 5.69 Å². The third-order valence-corrected chi connectivity index (χ3v) is 7.56. The highest BCUT2D eigenvalue weighted by Crippen LogP contribution is 2.36. The fourth-order valence-electron chi connectivity index (χ4n) is 4.36. The first kappa shape index (κ1) is 29.6. The van der Waals surface area contributed by atoms with E-state index >= 15 is 0 Å². The molecule has 3 N–H and O–H groups in total. The summed E-state index contributed by atoms with van der Waals surface area (Å²) in [5.41, 5.74) is 2.17. The molecule has 39 heavy (non-hydrogen) atoms. The number of halogens is 4. The van der Waals surface area contributed by atoms with Crippen molar-refractivity contribution in [2.45, 2.75) is 43.3 Å². The Kier molecular flexibility index (Phi) is 9.80. The lowest BCUT2D eigenvalue weighted by molar-refractivity contribution is -0.124. The first-order valence-corrected chi connectivity index (χ1v) is 14.0. The van der Waals surface area contributed by atoms with Crippen LogP contribution >= 0.6 is 46.4 Å². The molecule has 4 rings (SSSR count). The van der Waals surface area contributed by atoms with E-state index in [1.54, 1.807) is 42.5 Å². The number of carbonyl (C=O) groups is 2. The molecule has 0 saturated carbocycles. The summed E-state index contributed by atoms with van der Waals surface area (Å²) in [4.78, 5) is 26.1. The topological polar surface area (TPSA) is 108 Å². The Morgan fingerprint density at radius 3 is 2.46 bits per heavy atom. The maximum atomic E-state index is 13.1. The zero-order valence-electron chi connectivity index (χ0n) is 21.2. The molecule has 2 aromatic carbocycles. The number of amides is 2. The van der Waals surface area contributed by atoms with E-state index in [4.69, 9.17) is 50.9 Å². The Bertz CT molecular complexity index is 1310. The molecule has 12 heteroatoms. The molecule has 208 valence electrons. The van der Waals surface area contributed by atoms with E-state index in [1.165, 1.54) is 4.90 Å². The van der Waals surface area contributed by atoms with Crippen LogP contribution in [0.3, 0.4) is 0 Å². The Morgan fingerprint density at radius 1 is 1.15 bits per heavy atom. The maximum absolute atomic E-state index is 13.1. The number of nitrogens with one attached hydrogen (secondary N) is 2. The molecule has 2 amide bonds. The van der Waals surface area contributed by atoms with Crippen LogP contribution in [0, 0.1) is 5.92 Å². The minimum Gasteiger partial charge on any atom is -0.392 e. The van der Waals surface area contributed by atoms with E-state index in [1.807, 2.05) is 19.9 Å². The van der Waals surface area contributed by atoms with Gasteiger partial charge in [0.15, 0.2) is 10.6 Å². The number of aliphatic hydroxyl groups is 1. The number of aromatic nitrogens is 1. The van der Waals surface area contributed by atoms with Crippen molar-refractivity contribution in [3.63, 3.8) is 0 Å². The average molecular weight is 614 g/mol. The molecule has 0 radical (unpaired) electrons. The van der Waals surface area contributed by atoms with Crippen molar-refractivity contribution in [1.29, 1.82) is 0 Å². The van der Waals surface area contributed by atoms with Crippen LogP contribution < -0.4 is 15.5 Å². The van der Waals surface area contributed by atoms with E-state index in [0.29, 0.717) is 51.3 Å². The summed E-state index contributed by atoms with van der Waals surface area (Å²) in [6.07, 6.45) is -0.247. The number of rotatable bonds is 9. The molecule has 1 aromatic heterocycles. The maximum Gasteiger partial charge on any atom is 0.260 e. The van der Waals surface area contributed by atoms with E-state index in [9.17, 15) is 14.7 Å². The molecule has 8 nitrogen and oxygen atoms in total. The van der Waals surface area contributed by atoms with Gasteiger partial charge in [-0.25, -0.2) is 0 Å². The van der Waals surface area contributed by atoms with Crippen molar-refractivity contribution < 1.29 is 19.2 Å². The number of β-amino-alcohol motifs (C(OH)–C–C–N with tert-alkyl or cyclic N) is 1. The first-order chi connectivity index (χ1) is 18.5. The molecule has 1 aliphatic rings. The van der Waals surface area contributed by atoms with Crippen LogP contribution in [0.1, 0.15) is 20.3 Å². The zero-order valence-corrected chi connectivity index (χ0v) is 24.2. The number of hydrogen-bond donors (Lipinski definition) is 3. The first-order valence-electron chi connectivity index (χ1n) is 12.4. The lowest BCUT2D eigenvalue weighted by Crippen LogP contribution is -2.53. The number of hydrogen-bond acceptors (Lipinski definition) is 6. The van der Waals surface area contributed by atoms with E-state index in [-0.39, 0.29) is 18.4 Å². The molecule has 2 heterocycles. The van der Waals surface area contributed by atoms with E-state index < -0.39 is 28.9 Å². The Morgan fingerprint density at radius 2 is 1.85 bits per heavy atom. The van der Waals surface area contributed by atoms with Gasteiger partial charge in [0.2, 0.25) is 5.91 Å². The summed E-state index contributed by atoms with van der Waals surface area (Å²) in [7, 11) is 0. The van der Waals surface area contributed by atoms with E-state index in [2.05, 4.69) is 15.8 Å². The minimum atomic E-state index is -1.32. The van der Waals surface area contributed by atoms with Gasteiger partial charge in [0, 0.05) is 42.0 Å². The van der Waals surface area contributed by atoms with Crippen molar-refractivity contribution >= 4 is 63.9 Å².